The van der Waals surface area contributed by atoms with Crippen molar-refractivity contribution in [1.82, 2.24) is 10.2 Å². The zero-order chi connectivity index (χ0) is 15.9. The smallest absolute Gasteiger partial charge is 0.0929 e. The average Bonchev–Trinajstić information content (AvgIpc) is 2.63. The van der Waals surface area contributed by atoms with E-state index in [1.807, 2.05) is 30.3 Å². The first kappa shape index (κ1) is 15.2. The van der Waals surface area contributed by atoms with E-state index in [2.05, 4.69) is 65.3 Å². The zero-order valence-corrected chi connectivity index (χ0v) is 13.1. The lowest BCUT2D eigenvalue weighted by atomic mass is 9.93. The minimum absolute atomic E-state index is 0.312. The van der Waals surface area contributed by atoms with Gasteiger partial charge in [-0.3, -0.25) is 0 Å². The van der Waals surface area contributed by atoms with E-state index in [9.17, 15) is 0 Å². The van der Waals surface area contributed by atoms with Crippen LogP contribution in [0.2, 0.25) is 0 Å². The molecule has 0 N–H and O–H groups in total. The van der Waals surface area contributed by atoms with Gasteiger partial charge < -0.3 is 0 Å². The van der Waals surface area contributed by atoms with E-state index in [1.165, 1.54) is 5.56 Å². The Kier molecular flexibility index (Phi) is 4.95. The maximum atomic E-state index is 4.47. The third-order valence-electron chi connectivity index (χ3n) is 3.95. The summed E-state index contributed by atoms with van der Waals surface area (Å²) < 4.78 is 0. The normalized spacial score (nSPS) is 11.8. The molecule has 0 radical (unpaired) electrons. The van der Waals surface area contributed by atoms with E-state index in [0.717, 1.165) is 29.8 Å². The lowest BCUT2D eigenvalue weighted by Gasteiger charge is -2.14. The molecule has 0 aliphatic carbocycles. The Hall–Kier alpha value is -2.74. The second-order valence-corrected chi connectivity index (χ2v) is 5.62. The van der Waals surface area contributed by atoms with Gasteiger partial charge in [0.2, 0.25) is 0 Å². The molecular formula is C21H20N2. The Morgan fingerprint density at radius 1 is 0.826 bits per heavy atom. The molecule has 1 heterocycles. The van der Waals surface area contributed by atoms with Gasteiger partial charge >= 0.3 is 0 Å². The van der Waals surface area contributed by atoms with Crippen LogP contribution in [0.15, 0.2) is 85.5 Å². The third-order valence-corrected chi connectivity index (χ3v) is 3.95. The van der Waals surface area contributed by atoms with Crippen LogP contribution in [0.4, 0.5) is 0 Å². The first-order chi connectivity index (χ1) is 11.4. The summed E-state index contributed by atoms with van der Waals surface area (Å²) in [6.07, 6.45) is 3.81. The summed E-state index contributed by atoms with van der Waals surface area (Å²) in [5, 5.41) is 8.88. The van der Waals surface area contributed by atoms with Crippen LogP contribution in [0.3, 0.4) is 0 Å². The Morgan fingerprint density at radius 2 is 1.52 bits per heavy atom. The summed E-state index contributed by atoms with van der Waals surface area (Å²) in [5.74, 6) is 0.312. The molecule has 2 aromatic carbocycles. The maximum Gasteiger partial charge on any atom is 0.0929 e. The van der Waals surface area contributed by atoms with Crippen LogP contribution < -0.4 is 0 Å². The second-order valence-electron chi connectivity index (χ2n) is 5.62. The van der Waals surface area contributed by atoms with Crippen molar-refractivity contribution in [1.29, 1.82) is 0 Å². The van der Waals surface area contributed by atoms with Crippen LogP contribution in [0, 0.1) is 0 Å². The SMILES string of the molecule is C=CCC(Cc1ccccc1)c1ccc(-c2ccccc2)nn1. The van der Waals surface area contributed by atoms with Crippen LogP contribution in [0.1, 0.15) is 23.6 Å². The van der Waals surface area contributed by atoms with Crippen molar-refractivity contribution in [2.45, 2.75) is 18.8 Å². The summed E-state index contributed by atoms with van der Waals surface area (Å²) in [6, 6.07) is 24.8. The fraction of sp³-hybridized carbons (Fsp3) is 0.143. The first-order valence-electron chi connectivity index (χ1n) is 7.90. The molecule has 2 heteroatoms. The predicted octanol–water partition coefficient (Wildman–Crippen LogP) is 5.05. The third kappa shape index (κ3) is 3.92. The molecule has 23 heavy (non-hydrogen) atoms. The maximum absolute atomic E-state index is 4.47. The number of hydrogen-bond donors (Lipinski definition) is 0. The summed E-state index contributed by atoms with van der Waals surface area (Å²) in [5.41, 5.74) is 4.34. The van der Waals surface area contributed by atoms with Gasteiger partial charge in [-0.25, -0.2) is 0 Å². The highest BCUT2D eigenvalue weighted by atomic mass is 15.1. The van der Waals surface area contributed by atoms with Gasteiger partial charge in [-0.15, -0.1) is 6.58 Å². The van der Waals surface area contributed by atoms with Gasteiger partial charge in [0.1, 0.15) is 0 Å². The molecule has 0 bridgehead atoms. The van der Waals surface area contributed by atoms with Gasteiger partial charge in [-0.05, 0) is 30.5 Å². The molecule has 1 atom stereocenters. The van der Waals surface area contributed by atoms with E-state index in [4.69, 9.17) is 0 Å². The van der Waals surface area contributed by atoms with Crippen LogP contribution in [0.25, 0.3) is 11.3 Å². The molecule has 0 amide bonds. The minimum Gasteiger partial charge on any atom is -0.155 e. The number of benzene rings is 2. The molecule has 2 nitrogen and oxygen atoms in total. The fourth-order valence-corrected chi connectivity index (χ4v) is 2.73. The number of rotatable bonds is 6. The van der Waals surface area contributed by atoms with Crippen molar-refractivity contribution < 1.29 is 0 Å². The van der Waals surface area contributed by atoms with E-state index in [0.29, 0.717) is 5.92 Å². The number of nitrogens with zero attached hydrogens (tertiary/aromatic N) is 2. The Morgan fingerprint density at radius 3 is 2.13 bits per heavy atom. The fourth-order valence-electron chi connectivity index (χ4n) is 2.73. The number of hydrogen-bond acceptors (Lipinski definition) is 2. The summed E-state index contributed by atoms with van der Waals surface area (Å²) >= 11 is 0. The van der Waals surface area contributed by atoms with E-state index >= 15 is 0 Å². The standard InChI is InChI=1S/C21H20N2/c1-2-9-19(16-17-10-5-3-6-11-17)21-15-14-20(22-23-21)18-12-7-4-8-13-18/h2-8,10-15,19H,1,9,16H2. The summed E-state index contributed by atoms with van der Waals surface area (Å²) in [4.78, 5) is 0. The Balaban J connectivity index is 1.81. The molecule has 0 saturated carbocycles. The molecule has 1 aromatic heterocycles. The number of allylic oxidation sites excluding steroid dienone is 1. The molecular weight excluding hydrogens is 280 g/mol. The van der Waals surface area contributed by atoms with Crippen molar-refractivity contribution in [3.05, 3.63) is 96.7 Å². The molecule has 3 rings (SSSR count). The topological polar surface area (TPSA) is 25.8 Å². The zero-order valence-electron chi connectivity index (χ0n) is 13.1. The first-order valence-corrected chi connectivity index (χ1v) is 7.90. The van der Waals surface area contributed by atoms with E-state index in [1.54, 1.807) is 0 Å². The highest BCUT2D eigenvalue weighted by Crippen LogP contribution is 2.24. The lowest BCUT2D eigenvalue weighted by molar-refractivity contribution is 0.659. The van der Waals surface area contributed by atoms with E-state index in [-0.39, 0.29) is 0 Å². The van der Waals surface area contributed by atoms with Gasteiger partial charge in [0.25, 0.3) is 0 Å². The molecule has 0 saturated heterocycles. The van der Waals surface area contributed by atoms with Crippen LogP contribution in [0.5, 0.6) is 0 Å². The number of aromatic nitrogens is 2. The van der Waals surface area contributed by atoms with Gasteiger partial charge in [0.05, 0.1) is 11.4 Å². The molecule has 114 valence electrons. The molecule has 0 spiro atoms. The summed E-state index contributed by atoms with van der Waals surface area (Å²) in [6.45, 7) is 3.88. The lowest BCUT2D eigenvalue weighted by Crippen LogP contribution is -2.06. The Bertz CT molecular complexity index is 734. The molecule has 0 aliphatic rings. The van der Waals surface area contributed by atoms with Crippen LogP contribution >= 0.6 is 0 Å². The van der Waals surface area contributed by atoms with E-state index < -0.39 is 0 Å². The minimum atomic E-state index is 0.312. The highest BCUT2D eigenvalue weighted by molar-refractivity contribution is 5.58. The van der Waals surface area contributed by atoms with Crippen molar-refractivity contribution >= 4 is 0 Å². The average molecular weight is 300 g/mol. The second kappa shape index (κ2) is 7.50. The van der Waals surface area contributed by atoms with Crippen LogP contribution in [-0.2, 0) is 6.42 Å². The van der Waals surface area contributed by atoms with Crippen molar-refractivity contribution in [3.8, 4) is 11.3 Å². The van der Waals surface area contributed by atoms with Gasteiger partial charge in [0, 0.05) is 11.5 Å². The van der Waals surface area contributed by atoms with Crippen molar-refractivity contribution in [2.75, 3.05) is 0 Å². The van der Waals surface area contributed by atoms with Gasteiger partial charge in [-0.2, -0.15) is 10.2 Å². The van der Waals surface area contributed by atoms with Crippen LogP contribution in [-0.4, -0.2) is 10.2 Å². The molecule has 3 aromatic rings. The summed E-state index contributed by atoms with van der Waals surface area (Å²) in [7, 11) is 0. The monoisotopic (exact) mass is 300 g/mol. The largest absolute Gasteiger partial charge is 0.155 e. The molecule has 0 aliphatic heterocycles. The molecule has 0 fully saturated rings. The van der Waals surface area contributed by atoms with Gasteiger partial charge in [0.15, 0.2) is 0 Å². The quantitative estimate of drug-likeness (QED) is 0.596. The van der Waals surface area contributed by atoms with Crippen molar-refractivity contribution in [2.24, 2.45) is 0 Å². The predicted molar refractivity (Wildman–Crippen MR) is 95.2 cm³/mol. The van der Waals surface area contributed by atoms with Crippen molar-refractivity contribution in [3.63, 3.8) is 0 Å². The van der Waals surface area contributed by atoms with Gasteiger partial charge in [-0.1, -0.05) is 66.7 Å². The highest BCUT2D eigenvalue weighted by Gasteiger charge is 2.13. The molecule has 1 unspecified atom stereocenters. The Labute approximate surface area is 137 Å².